The molecule has 0 spiro atoms. The van der Waals surface area contributed by atoms with E-state index in [-0.39, 0.29) is 17.3 Å². The van der Waals surface area contributed by atoms with Gasteiger partial charge in [0.25, 0.3) is 5.91 Å². The van der Waals surface area contributed by atoms with Gasteiger partial charge < -0.3 is 9.32 Å². The van der Waals surface area contributed by atoms with Gasteiger partial charge in [-0.1, -0.05) is 0 Å². The van der Waals surface area contributed by atoms with Crippen LogP contribution in [0, 0.1) is 0 Å². The van der Waals surface area contributed by atoms with E-state index in [1.54, 1.807) is 24.3 Å². The molecule has 1 aliphatic rings. The number of hydrogen-bond acceptors (Lipinski definition) is 5. The number of furan rings is 1. The smallest absolute Gasteiger partial charge is 0.255 e. The number of likely N-dealkylation sites (tertiary alicyclic amines) is 1. The lowest BCUT2D eigenvalue weighted by atomic mass is 10.1. The standard InChI is InChI=1S/C19H24N2O4S2/c1-20(14-15-7-6-12-25-15)27(23,24)16-8-9-18(26-2)17(13-16)19(22)21-10-4-3-5-11-21/h6-9,12-13H,3-5,10-11,14H2,1-2H3. The number of carbonyl (C=O) groups is 1. The molecule has 146 valence electrons. The molecular weight excluding hydrogens is 384 g/mol. The molecule has 0 atom stereocenters. The first kappa shape index (κ1) is 20.0. The first-order valence-electron chi connectivity index (χ1n) is 8.89. The first-order valence-corrected chi connectivity index (χ1v) is 11.6. The Morgan fingerprint density at radius 2 is 1.96 bits per heavy atom. The predicted molar refractivity (Wildman–Crippen MR) is 105 cm³/mol. The Morgan fingerprint density at radius 3 is 2.59 bits per heavy atom. The molecule has 0 aliphatic carbocycles. The van der Waals surface area contributed by atoms with Crippen molar-refractivity contribution < 1.29 is 17.6 Å². The molecule has 2 heterocycles. The highest BCUT2D eigenvalue weighted by atomic mass is 32.2. The molecule has 0 saturated carbocycles. The number of sulfonamides is 1. The molecule has 2 aromatic rings. The summed E-state index contributed by atoms with van der Waals surface area (Å²) in [4.78, 5) is 15.7. The predicted octanol–water partition coefficient (Wildman–Crippen LogP) is 3.45. The van der Waals surface area contributed by atoms with E-state index in [4.69, 9.17) is 4.42 Å². The summed E-state index contributed by atoms with van der Waals surface area (Å²) in [5, 5.41) is 0. The number of rotatable bonds is 6. The van der Waals surface area contributed by atoms with Crippen LogP contribution in [0.15, 0.2) is 50.8 Å². The third kappa shape index (κ3) is 4.39. The lowest BCUT2D eigenvalue weighted by Gasteiger charge is -2.27. The summed E-state index contributed by atoms with van der Waals surface area (Å²) in [6, 6.07) is 8.24. The van der Waals surface area contributed by atoms with Gasteiger partial charge in [0.2, 0.25) is 10.0 Å². The van der Waals surface area contributed by atoms with Crippen molar-refractivity contribution >= 4 is 27.7 Å². The largest absolute Gasteiger partial charge is 0.468 e. The lowest BCUT2D eigenvalue weighted by Crippen LogP contribution is -2.36. The summed E-state index contributed by atoms with van der Waals surface area (Å²) in [6.45, 7) is 1.58. The van der Waals surface area contributed by atoms with E-state index < -0.39 is 10.0 Å². The van der Waals surface area contributed by atoms with Crippen molar-refractivity contribution in [3.63, 3.8) is 0 Å². The molecule has 1 aromatic carbocycles. The van der Waals surface area contributed by atoms with Gasteiger partial charge in [-0.3, -0.25) is 4.79 Å². The zero-order chi connectivity index (χ0) is 19.4. The monoisotopic (exact) mass is 408 g/mol. The van der Waals surface area contributed by atoms with Crippen molar-refractivity contribution in [1.29, 1.82) is 0 Å². The molecule has 27 heavy (non-hydrogen) atoms. The fourth-order valence-electron chi connectivity index (χ4n) is 3.17. The molecule has 0 radical (unpaired) electrons. The molecule has 3 rings (SSSR count). The SMILES string of the molecule is CSc1ccc(S(=O)(=O)N(C)Cc2ccco2)cc1C(=O)N1CCCCC1. The van der Waals surface area contributed by atoms with Crippen molar-refractivity contribution in [3.05, 3.63) is 47.9 Å². The van der Waals surface area contributed by atoms with E-state index in [1.165, 1.54) is 35.4 Å². The van der Waals surface area contributed by atoms with Gasteiger partial charge in [0.15, 0.2) is 0 Å². The highest BCUT2D eigenvalue weighted by Gasteiger charge is 2.26. The number of benzene rings is 1. The summed E-state index contributed by atoms with van der Waals surface area (Å²) in [6.07, 6.45) is 6.51. The quantitative estimate of drug-likeness (QED) is 0.685. The minimum atomic E-state index is -3.73. The summed E-state index contributed by atoms with van der Waals surface area (Å²) in [7, 11) is -2.23. The van der Waals surface area contributed by atoms with Gasteiger partial charge in [-0.05, 0) is 55.9 Å². The van der Waals surface area contributed by atoms with Gasteiger partial charge >= 0.3 is 0 Å². The maximum Gasteiger partial charge on any atom is 0.255 e. The number of amides is 1. The first-order chi connectivity index (χ1) is 12.9. The average molecular weight is 409 g/mol. The Morgan fingerprint density at radius 1 is 1.22 bits per heavy atom. The third-order valence-corrected chi connectivity index (χ3v) is 7.31. The molecule has 1 aliphatic heterocycles. The van der Waals surface area contributed by atoms with Crippen LogP contribution in [-0.4, -0.2) is 49.9 Å². The Balaban J connectivity index is 1.90. The van der Waals surface area contributed by atoms with Crippen molar-refractivity contribution in [1.82, 2.24) is 9.21 Å². The van der Waals surface area contributed by atoms with Crippen molar-refractivity contribution in [3.8, 4) is 0 Å². The minimum Gasteiger partial charge on any atom is -0.468 e. The van der Waals surface area contributed by atoms with Crippen LogP contribution < -0.4 is 0 Å². The molecule has 1 fully saturated rings. The Hall–Kier alpha value is -1.77. The van der Waals surface area contributed by atoms with Crippen LogP contribution in [0.2, 0.25) is 0 Å². The number of piperidine rings is 1. The highest BCUT2D eigenvalue weighted by molar-refractivity contribution is 7.98. The van der Waals surface area contributed by atoms with E-state index in [9.17, 15) is 13.2 Å². The van der Waals surface area contributed by atoms with Crippen LogP contribution in [0.5, 0.6) is 0 Å². The highest BCUT2D eigenvalue weighted by Crippen LogP contribution is 2.27. The molecule has 1 saturated heterocycles. The Bertz CT molecular complexity index is 888. The second kappa shape index (κ2) is 8.50. The summed E-state index contributed by atoms with van der Waals surface area (Å²) >= 11 is 1.45. The topological polar surface area (TPSA) is 70.8 Å². The zero-order valence-electron chi connectivity index (χ0n) is 15.6. The molecule has 6 nitrogen and oxygen atoms in total. The van der Waals surface area contributed by atoms with Gasteiger partial charge in [0.05, 0.1) is 23.3 Å². The fourth-order valence-corrected chi connectivity index (χ4v) is 4.90. The molecule has 1 aromatic heterocycles. The van der Waals surface area contributed by atoms with Gasteiger partial charge in [-0.2, -0.15) is 4.31 Å². The number of hydrogen-bond donors (Lipinski definition) is 0. The summed E-state index contributed by atoms with van der Waals surface area (Å²) in [5.41, 5.74) is 0.455. The third-order valence-electron chi connectivity index (χ3n) is 4.71. The van der Waals surface area contributed by atoms with Crippen LogP contribution in [0.4, 0.5) is 0 Å². The molecular formula is C19H24N2O4S2. The molecule has 1 amide bonds. The maximum absolute atomic E-state index is 13.0. The molecule has 8 heteroatoms. The summed E-state index contributed by atoms with van der Waals surface area (Å²) < 4.78 is 32.4. The average Bonchev–Trinajstić information content (AvgIpc) is 3.20. The molecule has 0 bridgehead atoms. The van der Waals surface area contributed by atoms with Crippen LogP contribution in [0.3, 0.4) is 0 Å². The van der Waals surface area contributed by atoms with E-state index in [0.29, 0.717) is 11.3 Å². The zero-order valence-corrected chi connectivity index (χ0v) is 17.2. The van der Waals surface area contributed by atoms with Crippen LogP contribution in [-0.2, 0) is 16.6 Å². The summed E-state index contributed by atoms with van der Waals surface area (Å²) in [5.74, 6) is 0.469. The van der Waals surface area contributed by atoms with Gasteiger partial charge in [0, 0.05) is 25.0 Å². The number of thioether (sulfide) groups is 1. The van der Waals surface area contributed by atoms with Crippen LogP contribution in [0.25, 0.3) is 0 Å². The second-order valence-electron chi connectivity index (χ2n) is 6.56. The molecule has 0 unspecified atom stereocenters. The molecule has 0 N–H and O–H groups in total. The van der Waals surface area contributed by atoms with Crippen molar-refractivity contribution in [2.24, 2.45) is 0 Å². The Labute approximate surface area is 164 Å². The van der Waals surface area contributed by atoms with Crippen molar-refractivity contribution in [2.45, 2.75) is 35.6 Å². The van der Waals surface area contributed by atoms with Gasteiger partial charge in [0.1, 0.15) is 5.76 Å². The Kier molecular flexibility index (Phi) is 6.29. The van der Waals surface area contributed by atoms with Gasteiger partial charge in [-0.25, -0.2) is 8.42 Å². The lowest BCUT2D eigenvalue weighted by molar-refractivity contribution is 0.0720. The number of carbonyl (C=O) groups excluding carboxylic acids is 1. The van der Waals surface area contributed by atoms with E-state index in [2.05, 4.69) is 0 Å². The minimum absolute atomic E-state index is 0.0928. The maximum atomic E-state index is 13.0. The number of nitrogens with zero attached hydrogens (tertiary/aromatic N) is 2. The normalized spacial score (nSPS) is 15.3. The van der Waals surface area contributed by atoms with E-state index >= 15 is 0 Å². The van der Waals surface area contributed by atoms with E-state index in [1.807, 2.05) is 11.2 Å². The van der Waals surface area contributed by atoms with Crippen LogP contribution >= 0.6 is 11.8 Å². The van der Waals surface area contributed by atoms with Crippen LogP contribution in [0.1, 0.15) is 35.4 Å². The van der Waals surface area contributed by atoms with Crippen molar-refractivity contribution in [2.75, 3.05) is 26.4 Å². The fraction of sp³-hybridized carbons (Fsp3) is 0.421. The van der Waals surface area contributed by atoms with Gasteiger partial charge in [-0.15, -0.1) is 11.8 Å². The van der Waals surface area contributed by atoms with E-state index in [0.717, 1.165) is 37.2 Å². The second-order valence-corrected chi connectivity index (χ2v) is 9.45.